The molecule has 0 spiro atoms. The molecule has 0 unspecified atom stereocenters. The lowest BCUT2D eigenvalue weighted by atomic mass is 10.0. The topological polar surface area (TPSA) is 78.9 Å². The van der Waals surface area contributed by atoms with Gasteiger partial charge in [-0.3, -0.25) is 14.4 Å². The predicted molar refractivity (Wildman–Crippen MR) is 210 cm³/mol. The van der Waals surface area contributed by atoms with Crippen molar-refractivity contribution < 1.29 is 28.6 Å². The monoisotopic (exact) mass is 709 g/mol. The van der Waals surface area contributed by atoms with Crippen molar-refractivity contribution in [1.82, 2.24) is 0 Å². The van der Waals surface area contributed by atoms with E-state index in [-0.39, 0.29) is 31.1 Å². The van der Waals surface area contributed by atoms with Crippen LogP contribution in [0.2, 0.25) is 0 Å². The quantitative estimate of drug-likeness (QED) is 0.0363. The Labute approximate surface area is 310 Å². The van der Waals surface area contributed by atoms with E-state index < -0.39 is 6.10 Å². The first-order valence-electron chi connectivity index (χ1n) is 21.6. The summed E-state index contributed by atoms with van der Waals surface area (Å²) in [7, 11) is 0. The molecule has 0 aromatic rings. The number of esters is 3. The largest absolute Gasteiger partial charge is 0.462 e. The highest BCUT2D eigenvalue weighted by molar-refractivity contribution is 5.71. The SMILES string of the molecule is CC(C)CCCCCCCCCCCCCC(=O)OC[C@H](COC(=O)CCCCCCCCC(C)C)OC(=O)CCCCCCCCC(C)C. The summed E-state index contributed by atoms with van der Waals surface area (Å²) in [5.74, 6) is 1.47. The van der Waals surface area contributed by atoms with Crippen LogP contribution in [0.25, 0.3) is 0 Å². The zero-order valence-electron chi connectivity index (χ0n) is 34.2. The van der Waals surface area contributed by atoms with Crippen LogP contribution in [0.5, 0.6) is 0 Å². The number of rotatable bonds is 37. The molecule has 50 heavy (non-hydrogen) atoms. The minimum absolute atomic E-state index is 0.0679. The van der Waals surface area contributed by atoms with Crippen LogP contribution in [-0.2, 0) is 28.6 Å². The fraction of sp³-hybridized carbons (Fsp3) is 0.932. The average molecular weight is 709 g/mol. The Bertz CT molecular complexity index is 776. The summed E-state index contributed by atoms with van der Waals surface area (Å²) in [6.45, 7) is 13.5. The highest BCUT2D eigenvalue weighted by atomic mass is 16.6. The molecule has 296 valence electrons. The highest BCUT2D eigenvalue weighted by Gasteiger charge is 2.19. The van der Waals surface area contributed by atoms with Crippen molar-refractivity contribution in [2.45, 2.75) is 234 Å². The molecule has 0 aliphatic rings. The van der Waals surface area contributed by atoms with E-state index in [9.17, 15) is 14.4 Å². The summed E-state index contributed by atoms with van der Waals surface area (Å²) in [5, 5.41) is 0. The zero-order valence-corrected chi connectivity index (χ0v) is 34.2. The molecule has 0 bridgehead atoms. The van der Waals surface area contributed by atoms with Crippen LogP contribution < -0.4 is 0 Å². The molecule has 0 aromatic carbocycles. The molecule has 0 aliphatic carbocycles. The lowest BCUT2D eigenvalue weighted by Gasteiger charge is -2.18. The van der Waals surface area contributed by atoms with Crippen LogP contribution in [0.15, 0.2) is 0 Å². The van der Waals surface area contributed by atoms with Crippen LogP contribution in [0.3, 0.4) is 0 Å². The van der Waals surface area contributed by atoms with E-state index in [1.54, 1.807) is 0 Å². The standard InChI is InChI=1S/C44H84O6/c1-38(2)30-24-18-12-10-8-7-9-11-13-21-27-33-42(45)48-36-41(50-44(47)35-29-23-17-15-20-26-32-40(5)6)37-49-43(46)34-28-22-16-14-19-25-31-39(3)4/h38-41H,7-37H2,1-6H3/t41-/m1/s1. The maximum atomic E-state index is 12.6. The van der Waals surface area contributed by atoms with Gasteiger partial charge in [0.2, 0.25) is 0 Å². The number of carbonyl (C=O) groups is 3. The van der Waals surface area contributed by atoms with E-state index in [0.717, 1.165) is 75.5 Å². The van der Waals surface area contributed by atoms with E-state index in [1.807, 2.05) is 0 Å². The van der Waals surface area contributed by atoms with Gasteiger partial charge >= 0.3 is 17.9 Å². The minimum atomic E-state index is -0.761. The lowest BCUT2D eigenvalue weighted by molar-refractivity contribution is -0.167. The van der Waals surface area contributed by atoms with Crippen LogP contribution in [0.1, 0.15) is 228 Å². The molecule has 0 N–H and O–H groups in total. The van der Waals surface area contributed by atoms with Crippen molar-refractivity contribution >= 4 is 17.9 Å². The Morgan fingerprint density at radius 1 is 0.340 bits per heavy atom. The van der Waals surface area contributed by atoms with Gasteiger partial charge in [-0.15, -0.1) is 0 Å². The van der Waals surface area contributed by atoms with Gasteiger partial charge in [-0.2, -0.15) is 0 Å². The van der Waals surface area contributed by atoms with Gasteiger partial charge in [-0.1, -0.05) is 189 Å². The Hall–Kier alpha value is -1.59. The summed E-state index contributed by atoms with van der Waals surface area (Å²) in [6, 6.07) is 0. The van der Waals surface area contributed by atoms with E-state index in [1.165, 1.54) is 109 Å². The van der Waals surface area contributed by atoms with Crippen molar-refractivity contribution in [2.75, 3.05) is 13.2 Å². The number of hydrogen-bond acceptors (Lipinski definition) is 6. The van der Waals surface area contributed by atoms with E-state index in [4.69, 9.17) is 14.2 Å². The molecule has 0 amide bonds. The van der Waals surface area contributed by atoms with E-state index in [2.05, 4.69) is 41.5 Å². The van der Waals surface area contributed by atoms with Crippen LogP contribution in [0.4, 0.5) is 0 Å². The normalized spacial score (nSPS) is 12.2. The third-order valence-electron chi connectivity index (χ3n) is 9.65. The molecule has 0 saturated carbocycles. The Kier molecular flexibility index (Phi) is 34.7. The van der Waals surface area contributed by atoms with Gasteiger partial charge in [-0.25, -0.2) is 0 Å². The Morgan fingerprint density at radius 2 is 0.580 bits per heavy atom. The van der Waals surface area contributed by atoms with Gasteiger partial charge in [-0.05, 0) is 37.0 Å². The van der Waals surface area contributed by atoms with E-state index in [0.29, 0.717) is 19.3 Å². The molecule has 0 fully saturated rings. The van der Waals surface area contributed by atoms with Crippen molar-refractivity contribution in [3.05, 3.63) is 0 Å². The summed E-state index contributed by atoms with van der Waals surface area (Å²) in [6.07, 6.45) is 31.2. The third kappa shape index (κ3) is 37.7. The fourth-order valence-corrected chi connectivity index (χ4v) is 6.35. The molecule has 0 radical (unpaired) electrons. The van der Waals surface area contributed by atoms with Gasteiger partial charge < -0.3 is 14.2 Å². The maximum Gasteiger partial charge on any atom is 0.306 e. The Morgan fingerprint density at radius 3 is 0.860 bits per heavy atom. The predicted octanol–water partition coefficient (Wildman–Crippen LogP) is 13.3. The molecule has 0 aliphatic heterocycles. The molecule has 0 heterocycles. The van der Waals surface area contributed by atoms with Crippen LogP contribution in [0, 0.1) is 17.8 Å². The Balaban J connectivity index is 4.31. The first-order valence-corrected chi connectivity index (χ1v) is 21.6. The second-order valence-electron chi connectivity index (χ2n) is 16.4. The molecule has 0 rings (SSSR count). The molecule has 6 heteroatoms. The van der Waals surface area contributed by atoms with Gasteiger partial charge in [0.15, 0.2) is 6.10 Å². The summed E-state index contributed by atoms with van der Waals surface area (Å²) >= 11 is 0. The molecule has 1 atom stereocenters. The van der Waals surface area contributed by atoms with Gasteiger partial charge in [0.1, 0.15) is 13.2 Å². The third-order valence-corrected chi connectivity index (χ3v) is 9.65. The smallest absolute Gasteiger partial charge is 0.306 e. The molecule has 0 aromatic heterocycles. The zero-order chi connectivity index (χ0) is 37.1. The van der Waals surface area contributed by atoms with Crippen LogP contribution in [-0.4, -0.2) is 37.2 Å². The number of carbonyl (C=O) groups excluding carboxylic acids is 3. The first kappa shape index (κ1) is 48.4. The summed E-state index contributed by atoms with van der Waals surface area (Å²) < 4.78 is 16.6. The number of hydrogen-bond donors (Lipinski definition) is 0. The van der Waals surface area contributed by atoms with Gasteiger partial charge in [0, 0.05) is 19.3 Å². The minimum Gasteiger partial charge on any atom is -0.462 e. The molecule has 6 nitrogen and oxygen atoms in total. The summed E-state index contributed by atoms with van der Waals surface area (Å²) in [5.41, 5.74) is 0. The van der Waals surface area contributed by atoms with Crippen molar-refractivity contribution in [3.8, 4) is 0 Å². The van der Waals surface area contributed by atoms with Crippen molar-refractivity contribution in [2.24, 2.45) is 17.8 Å². The lowest BCUT2D eigenvalue weighted by Crippen LogP contribution is -2.30. The second kappa shape index (κ2) is 35.8. The summed E-state index contributed by atoms with van der Waals surface area (Å²) in [4.78, 5) is 37.5. The molecular weight excluding hydrogens is 624 g/mol. The van der Waals surface area contributed by atoms with Crippen molar-refractivity contribution in [1.29, 1.82) is 0 Å². The maximum absolute atomic E-state index is 12.6. The second-order valence-corrected chi connectivity index (χ2v) is 16.4. The fourth-order valence-electron chi connectivity index (χ4n) is 6.35. The molecule has 0 saturated heterocycles. The van der Waals surface area contributed by atoms with E-state index >= 15 is 0 Å². The average Bonchev–Trinajstić information content (AvgIpc) is 3.06. The van der Waals surface area contributed by atoms with Gasteiger partial charge in [0.25, 0.3) is 0 Å². The van der Waals surface area contributed by atoms with Crippen molar-refractivity contribution in [3.63, 3.8) is 0 Å². The van der Waals surface area contributed by atoms with Gasteiger partial charge in [0.05, 0.1) is 0 Å². The number of unbranched alkanes of at least 4 members (excludes halogenated alkanes) is 20. The van der Waals surface area contributed by atoms with Crippen LogP contribution >= 0.6 is 0 Å². The first-order chi connectivity index (χ1) is 24.1. The number of ether oxygens (including phenoxy) is 3. The molecular formula is C44H84O6. The highest BCUT2D eigenvalue weighted by Crippen LogP contribution is 2.16.